The fraction of sp³-hybridized carbons (Fsp3) is 0.333. The predicted octanol–water partition coefficient (Wildman–Crippen LogP) is 3.08. The van der Waals surface area contributed by atoms with Gasteiger partial charge in [-0.2, -0.15) is 0 Å². The average Bonchev–Trinajstić information content (AvgIpc) is 2.03. The Balaban J connectivity index is 3.06. The van der Waals surface area contributed by atoms with Gasteiger partial charge in [-0.25, -0.2) is 0 Å². The first-order valence-corrected chi connectivity index (χ1v) is 5.34. The van der Waals surface area contributed by atoms with Crippen molar-refractivity contribution in [1.82, 2.24) is 0 Å². The van der Waals surface area contributed by atoms with Crippen LogP contribution in [0.2, 0.25) is 5.02 Å². The molecule has 0 aliphatic heterocycles. The Hall–Kier alpha value is -0.180. The molecule has 0 aromatic heterocycles. The van der Waals surface area contributed by atoms with Crippen molar-refractivity contribution in [3.05, 3.63) is 28.8 Å². The summed E-state index contributed by atoms with van der Waals surface area (Å²) in [5.41, 5.74) is 6.83. The third kappa shape index (κ3) is 2.41. The van der Waals surface area contributed by atoms with Gasteiger partial charge >= 0.3 is 0 Å². The van der Waals surface area contributed by atoms with Crippen LogP contribution in [0.3, 0.4) is 0 Å². The van der Waals surface area contributed by atoms with Crippen LogP contribution in [0.1, 0.15) is 18.5 Å². The van der Waals surface area contributed by atoms with E-state index in [0.717, 1.165) is 15.5 Å². The Bertz CT molecular complexity index is 273. The normalized spacial score (nSPS) is 13.0. The minimum absolute atomic E-state index is 0.0506. The number of benzene rings is 1. The lowest BCUT2D eigenvalue weighted by molar-refractivity contribution is 0.815. The molecule has 0 amide bonds. The summed E-state index contributed by atoms with van der Waals surface area (Å²) in [5, 5.41) is 0.758. The number of hydrogen-bond acceptors (Lipinski definition) is 2. The van der Waals surface area contributed by atoms with Crippen LogP contribution in [0.15, 0.2) is 23.1 Å². The molecule has 1 unspecified atom stereocenters. The first-order valence-electron chi connectivity index (χ1n) is 3.73. The zero-order valence-electron chi connectivity index (χ0n) is 7.17. The van der Waals surface area contributed by atoms with Crippen molar-refractivity contribution in [1.29, 1.82) is 0 Å². The summed E-state index contributed by atoms with van der Waals surface area (Å²) in [4.78, 5) is 1.16. The number of hydrogen-bond donors (Lipinski definition) is 1. The Kier molecular flexibility index (Phi) is 3.44. The highest BCUT2D eigenvalue weighted by Crippen LogP contribution is 2.24. The van der Waals surface area contributed by atoms with Crippen LogP contribution in [0.5, 0.6) is 0 Å². The van der Waals surface area contributed by atoms with E-state index in [1.807, 2.05) is 25.3 Å². The molecule has 1 nitrogen and oxygen atoms in total. The maximum Gasteiger partial charge on any atom is 0.0420 e. The zero-order valence-corrected chi connectivity index (χ0v) is 8.75. The topological polar surface area (TPSA) is 26.0 Å². The number of rotatable bonds is 2. The van der Waals surface area contributed by atoms with E-state index in [4.69, 9.17) is 17.3 Å². The molecule has 1 aromatic carbocycles. The minimum Gasteiger partial charge on any atom is -0.324 e. The monoisotopic (exact) mass is 201 g/mol. The van der Waals surface area contributed by atoms with E-state index in [-0.39, 0.29) is 6.04 Å². The van der Waals surface area contributed by atoms with Gasteiger partial charge in [-0.05, 0) is 36.9 Å². The summed E-state index contributed by atoms with van der Waals surface area (Å²) >= 11 is 7.58. The molecule has 66 valence electrons. The van der Waals surface area contributed by atoms with Gasteiger partial charge in [0.1, 0.15) is 0 Å². The highest BCUT2D eigenvalue weighted by Gasteiger charge is 2.02. The molecule has 0 fully saturated rings. The van der Waals surface area contributed by atoms with Crippen molar-refractivity contribution >= 4 is 23.4 Å². The fourth-order valence-corrected chi connectivity index (χ4v) is 1.77. The van der Waals surface area contributed by atoms with Crippen molar-refractivity contribution in [3.8, 4) is 0 Å². The summed E-state index contributed by atoms with van der Waals surface area (Å²) in [6.45, 7) is 1.95. The van der Waals surface area contributed by atoms with Gasteiger partial charge in [0.25, 0.3) is 0 Å². The maximum absolute atomic E-state index is 5.90. The number of nitrogens with two attached hydrogens (primary N) is 1. The molecule has 0 radical (unpaired) electrons. The van der Waals surface area contributed by atoms with Gasteiger partial charge in [0.15, 0.2) is 0 Å². The highest BCUT2D eigenvalue weighted by atomic mass is 35.5. The van der Waals surface area contributed by atoms with Crippen LogP contribution in [-0.2, 0) is 0 Å². The van der Waals surface area contributed by atoms with E-state index in [1.165, 1.54) is 0 Å². The summed E-state index contributed by atoms with van der Waals surface area (Å²) in [7, 11) is 0. The summed E-state index contributed by atoms with van der Waals surface area (Å²) in [5.74, 6) is 0. The van der Waals surface area contributed by atoms with Gasteiger partial charge in [-0.1, -0.05) is 11.6 Å². The summed E-state index contributed by atoms with van der Waals surface area (Å²) in [6, 6.07) is 5.97. The average molecular weight is 202 g/mol. The molecule has 0 aliphatic rings. The van der Waals surface area contributed by atoms with Crippen LogP contribution in [0.25, 0.3) is 0 Å². The van der Waals surface area contributed by atoms with Gasteiger partial charge in [-0.3, -0.25) is 0 Å². The molecule has 2 N–H and O–H groups in total. The van der Waals surface area contributed by atoms with Gasteiger partial charge in [0.2, 0.25) is 0 Å². The van der Waals surface area contributed by atoms with Crippen molar-refractivity contribution < 1.29 is 0 Å². The molecule has 3 heteroatoms. The molecule has 0 spiro atoms. The molecule has 0 heterocycles. The van der Waals surface area contributed by atoms with Crippen molar-refractivity contribution in [2.45, 2.75) is 17.9 Å². The third-order valence-electron chi connectivity index (χ3n) is 1.66. The van der Waals surface area contributed by atoms with Gasteiger partial charge in [0.05, 0.1) is 0 Å². The molecule has 1 rings (SSSR count). The van der Waals surface area contributed by atoms with Crippen molar-refractivity contribution in [3.63, 3.8) is 0 Å². The van der Waals surface area contributed by atoms with Gasteiger partial charge in [-0.15, -0.1) is 11.8 Å². The van der Waals surface area contributed by atoms with Crippen LogP contribution in [-0.4, -0.2) is 6.26 Å². The lowest BCUT2D eigenvalue weighted by Gasteiger charge is -2.07. The Morgan fingerprint density at radius 3 is 2.58 bits per heavy atom. The molecular formula is C9H12ClNS. The van der Waals surface area contributed by atoms with E-state index in [0.29, 0.717) is 0 Å². The second kappa shape index (κ2) is 4.17. The summed E-state index contributed by atoms with van der Waals surface area (Å²) in [6.07, 6.45) is 2.02. The van der Waals surface area contributed by atoms with Gasteiger partial charge < -0.3 is 5.73 Å². The number of thioether (sulfide) groups is 1. The van der Waals surface area contributed by atoms with Crippen LogP contribution in [0.4, 0.5) is 0 Å². The van der Waals surface area contributed by atoms with E-state index < -0.39 is 0 Å². The van der Waals surface area contributed by atoms with E-state index in [2.05, 4.69) is 6.07 Å². The molecule has 0 saturated carbocycles. The predicted molar refractivity (Wildman–Crippen MR) is 55.8 cm³/mol. The van der Waals surface area contributed by atoms with Crippen LogP contribution >= 0.6 is 23.4 Å². The maximum atomic E-state index is 5.90. The van der Waals surface area contributed by atoms with Crippen LogP contribution < -0.4 is 5.73 Å². The first-order chi connectivity index (χ1) is 5.63. The van der Waals surface area contributed by atoms with E-state index >= 15 is 0 Å². The van der Waals surface area contributed by atoms with Crippen LogP contribution in [0, 0.1) is 0 Å². The quantitative estimate of drug-likeness (QED) is 0.745. The Labute approximate surface area is 82.3 Å². The van der Waals surface area contributed by atoms with Crippen molar-refractivity contribution in [2.24, 2.45) is 5.73 Å². The third-order valence-corrected chi connectivity index (χ3v) is 2.58. The second-order valence-corrected chi connectivity index (χ2v) is 4.03. The smallest absolute Gasteiger partial charge is 0.0420 e. The molecule has 12 heavy (non-hydrogen) atoms. The molecule has 1 atom stereocenters. The fourth-order valence-electron chi connectivity index (χ4n) is 0.965. The Morgan fingerprint density at radius 1 is 1.42 bits per heavy atom. The van der Waals surface area contributed by atoms with E-state index in [1.54, 1.807) is 11.8 Å². The lowest BCUT2D eigenvalue weighted by Crippen LogP contribution is -2.04. The highest BCUT2D eigenvalue weighted by molar-refractivity contribution is 7.98. The SMILES string of the molecule is CSc1cc(Cl)cc(C(C)N)c1. The second-order valence-electron chi connectivity index (χ2n) is 2.71. The molecule has 1 aromatic rings. The van der Waals surface area contributed by atoms with Crippen molar-refractivity contribution in [2.75, 3.05) is 6.26 Å². The minimum atomic E-state index is 0.0506. The molecule has 0 bridgehead atoms. The van der Waals surface area contributed by atoms with Gasteiger partial charge in [0, 0.05) is 16.0 Å². The lowest BCUT2D eigenvalue weighted by atomic mass is 10.1. The molecular weight excluding hydrogens is 190 g/mol. The van der Waals surface area contributed by atoms with E-state index in [9.17, 15) is 0 Å². The standard InChI is InChI=1S/C9H12ClNS/c1-6(11)7-3-8(10)5-9(4-7)12-2/h3-6H,11H2,1-2H3. The molecule has 0 saturated heterocycles. The first kappa shape index (κ1) is 9.90. The summed E-state index contributed by atoms with van der Waals surface area (Å²) < 4.78 is 0. The Morgan fingerprint density at radius 2 is 2.08 bits per heavy atom. The molecule has 0 aliphatic carbocycles. The zero-order chi connectivity index (χ0) is 9.14. The number of halogens is 1. The largest absolute Gasteiger partial charge is 0.324 e.